The van der Waals surface area contributed by atoms with Crippen molar-refractivity contribution in [3.8, 4) is 23.0 Å². The maximum absolute atomic E-state index is 12.2. The van der Waals surface area contributed by atoms with E-state index in [0.29, 0.717) is 34.1 Å². The van der Waals surface area contributed by atoms with Crippen LogP contribution in [0.25, 0.3) is 0 Å². The molecule has 2 aromatic carbocycles. The molecular weight excluding hydrogens is 352 g/mol. The number of ether oxygens (including phenoxy) is 4. The fraction of sp³-hybridized carbons (Fsp3) is 0.263. The van der Waals surface area contributed by atoms with Gasteiger partial charge in [-0.05, 0) is 36.4 Å². The minimum Gasteiger partial charge on any atom is -0.493 e. The van der Waals surface area contributed by atoms with E-state index in [1.54, 1.807) is 36.4 Å². The summed E-state index contributed by atoms with van der Waals surface area (Å²) >= 11 is 0. The van der Waals surface area contributed by atoms with Crippen LogP contribution in [0, 0.1) is 0 Å². The van der Waals surface area contributed by atoms with Crippen LogP contribution in [0.5, 0.6) is 23.0 Å². The summed E-state index contributed by atoms with van der Waals surface area (Å²) in [4.78, 5) is 24.4. The largest absolute Gasteiger partial charge is 0.493 e. The van der Waals surface area contributed by atoms with E-state index in [0.717, 1.165) is 0 Å². The molecule has 0 atom stereocenters. The number of hydrogen-bond acceptors (Lipinski definition) is 6. The van der Waals surface area contributed by atoms with E-state index in [4.69, 9.17) is 18.9 Å². The summed E-state index contributed by atoms with van der Waals surface area (Å²) in [5, 5.41) is 5.48. The molecule has 1 heterocycles. The van der Waals surface area contributed by atoms with Crippen LogP contribution in [-0.2, 0) is 0 Å². The molecule has 27 heavy (non-hydrogen) atoms. The Hall–Kier alpha value is -3.42. The first-order chi connectivity index (χ1) is 13.1. The smallest absolute Gasteiger partial charge is 0.251 e. The minimum absolute atomic E-state index is 0.155. The van der Waals surface area contributed by atoms with Crippen LogP contribution in [0.4, 0.5) is 0 Å². The first-order valence-corrected chi connectivity index (χ1v) is 8.30. The first kappa shape index (κ1) is 18.4. The van der Waals surface area contributed by atoms with Gasteiger partial charge in [0.05, 0.1) is 14.2 Å². The molecule has 0 bridgehead atoms. The van der Waals surface area contributed by atoms with Gasteiger partial charge in [0.25, 0.3) is 11.8 Å². The van der Waals surface area contributed by atoms with Crippen molar-refractivity contribution < 1.29 is 28.5 Å². The second kappa shape index (κ2) is 8.31. The van der Waals surface area contributed by atoms with Crippen LogP contribution in [0.2, 0.25) is 0 Å². The number of hydrogen-bond donors (Lipinski definition) is 2. The first-order valence-electron chi connectivity index (χ1n) is 8.30. The van der Waals surface area contributed by atoms with E-state index in [1.165, 1.54) is 14.2 Å². The number of carbonyl (C=O) groups is 2. The highest BCUT2D eigenvalue weighted by atomic mass is 16.7. The number of benzene rings is 2. The fourth-order valence-corrected chi connectivity index (χ4v) is 2.57. The summed E-state index contributed by atoms with van der Waals surface area (Å²) < 4.78 is 20.8. The third-order valence-corrected chi connectivity index (χ3v) is 3.98. The van der Waals surface area contributed by atoms with Crippen molar-refractivity contribution in [2.45, 2.75) is 0 Å². The summed E-state index contributed by atoms with van der Waals surface area (Å²) in [6.07, 6.45) is 0. The lowest BCUT2D eigenvalue weighted by Crippen LogP contribution is -2.34. The number of carbonyl (C=O) groups excluding carboxylic acids is 2. The van der Waals surface area contributed by atoms with Gasteiger partial charge in [0, 0.05) is 24.2 Å². The molecule has 142 valence electrons. The maximum Gasteiger partial charge on any atom is 0.251 e. The fourth-order valence-electron chi connectivity index (χ4n) is 2.57. The molecular formula is C19H20N2O6. The lowest BCUT2D eigenvalue weighted by molar-refractivity contribution is 0.0927. The van der Waals surface area contributed by atoms with Crippen molar-refractivity contribution in [1.82, 2.24) is 10.6 Å². The van der Waals surface area contributed by atoms with Gasteiger partial charge in [-0.25, -0.2) is 0 Å². The molecule has 2 amide bonds. The average molecular weight is 372 g/mol. The molecule has 8 nitrogen and oxygen atoms in total. The van der Waals surface area contributed by atoms with Gasteiger partial charge in [-0.3, -0.25) is 9.59 Å². The Balaban J connectivity index is 1.48. The van der Waals surface area contributed by atoms with Crippen molar-refractivity contribution in [1.29, 1.82) is 0 Å². The van der Waals surface area contributed by atoms with Gasteiger partial charge in [0.1, 0.15) is 0 Å². The van der Waals surface area contributed by atoms with Crippen molar-refractivity contribution in [2.24, 2.45) is 0 Å². The molecule has 0 saturated heterocycles. The Labute approximate surface area is 156 Å². The zero-order valence-electron chi connectivity index (χ0n) is 15.0. The quantitative estimate of drug-likeness (QED) is 0.717. The monoisotopic (exact) mass is 372 g/mol. The van der Waals surface area contributed by atoms with E-state index in [-0.39, 0.29) is 31.7 Å². The second-order valence-electron chi connectivity index (χ2n) is 5.65. The third-order valence-electron chi connectivity index (χ3n) is 3.98. The number of methoxy groups -OCH3 is 2. The summed E-state index contributed by atoms with van der Waals surface area (Å²) in [5.41, 5.74) is 0.903. The van der Waals surface area contributed by atoms with E-state index in [2.05, 4.69) is 10.6 Å². The van der Waals surface area contributed by atoms with Crippen LogP contribution in [0.15, 0.2) is 36.4 Å². The Morgan fingerprint density at radius 3 is 2.11 bits per heavy atom. The zero-order chi connectivity index (χ0) is 19.2. The van der Waals surface area contributed by atoms with Gasteiger partial charge in [-0.1, -0.05) is 0 Å². The third kappa shape index (κ3) is 4.22. The summed E-state index contributed by atoms with van der Waals surface area (Å²) in [5.74, 6) is 1.66. The summed E-state index contributed by atoms with van der Waals surface area (Å²) in [6.45, 7) is 0.721. The highest BCUT2D eigenvalue weighted by molar-refractivity contribution is 5.96. The molecule has 3 rings (SSSR count). The van der Waals surface area contributed by atoms with Gasteiger partial charge >= 0.3 is 0 Å². The summed E-state index contributed by atoms with van der Waals surface area (Å²) in [7, 11) is 3.03. The number of amides is 2. The van der Waals surface area contributed by atoms with Gasteiger partial charge < -0.3 is 29.6 Å². The van der Waals surface area contributed by atoms with Gasteiger partial charge in [-0.15, -0.1) is 0 Å². The molecule has 0 saturated carbocycles. The number of rotatable bonds is 7. The standard InChI is InChI=1S/C19H20N2O6/c1-24-14-5-3-12(9-16(14)25-2)18(22)20-7-8-21-19(23)13-4-6-15-17(10-13)27-11-26-15/h3-6,9-10H,7-8,11H2,1-2H3,(H,20,22)(H,21,23). The van der Waals surface area contributed by atoms with Gasteiger partial charge in [0.15, 0.2) is 23.0 Å². The lowest BCUT2D eigenvalue weighted by Gasteiger charge is -2.10. The minimum atomic E-state index is -0.270. The van der Waals surface area contributed by atoms with E-state index in [1.807, 2.05) is 0 Å². The van der Waals surface area contributed by atoms with Crippen molar-refractivity contribution in [3.63, 3.8) is 0 Å². The van der Waals surface area contributed by atoms with Crippen molar-refractivity contribution in [3.05, 3.63) is 47.5 Å². The Kier molecular flexibility index (Phi) is 5.65. The topological polar surface area (TPSA) is 95.1 Å². The van der Waals surface area contributed by atoms with Crippen molar-refractivity contribution >= 4 is 11.8 Å². The molecule has 0 fully saturated rings. The zero-order valence-corrected chi connectivity index (χ0v) is 15.0. The Morgan fingerprint density at radius 2 is 1.44 bits per heavy atom. The molecule has 0 aromatic heterocycles. The van der Waals surface area contributed by atoms with Crippen LogP contribution in [0.1, 0.15) is 20.7 Å². The van der Waals surface area contributed by atoms with E-state index in [9.17, 15) is 9.59 Å². The second-order valence-corrected chi connectivity index (χ2v) is 5.65. The molecule has 0 aliphatic carbocycles. The van der Waals surface area contributed by atoms with Crippen molar-refractivity contribution in [2.75, 3.05) is 34.1 Å². The molecule has 1 aliphatic heterocycles. The Morgan fingerprint density at radius 1 is 0.852 bits per heavy atom. The summed E-state index contributed by atoms with van der Waals surface area (Å²) in [6, 6.07) is 9.87. The molecule has 2 N–H and O–H groups in total. The predicted molar refractivity (Wildman–Crippen MR) is 96.8 cm³/mol. The molecule has 0 unspecified atom stereocenters. The molecule has 0 radical (unpaired) electrons. The molecule has 0 spiro atoms. The van der Waals surface area contributed by atoms with E-state index < -0.39 is 0 Å². The molecule has 8 heteroatoms. The maximum atomic E-state index is 12.2. The Bertz CT molecular complexity index is 852. The van der Waals surface area contributed by atoms with Crippen LogP contribution >= 0.6 is 0 Å². The highest BCUT2D eigenvalue weighted by Crippen LogP contribution is 2.32. The SMILES string of the molecule is COc1ccc(C(=O)NCCNC(=O)c2ccc3c(c2)OCO3)cc1OC. The van der Waals surface area contributed by atoms with Crippen LogP contribution in [0.3, 0.4) is 0 Å². The number of nitrogens with one attached hydrogen (secondary N) is 2. The van der Waals surface area contributed by atoms with Crippen LogP contribution in [-0.4, -0.2) is 45.9 Å². The lowest BCUT2D eigenvalue weighted by atomic mass is 10.2. The highest BCUT2D eigenvalue weighted by Gasteiger charge is 2.16. The van der Waals surface area contributed by atoms with Gasteiger partial charge in [-0.2, -0.15) is 0 Å². The molecule has 2 aromatic rings. The normalized spacial score (nSPS) is 11.6. The average Bonchev–Trinajstić information content (AvgIpc) is 3.18. The predicted octanol–water partition coefficient (Wildman–Crippen LogP) is 1.59. The van der Waals surface area contributed by atoms with Crippen LogP contribution < -0.4 is 29.6 Å². The molecule has 1 aliphatic rings. The van der Waals surface area contributed by atoms with E-state index >= 15 is 0 Å². The number of fused-ring (bicyclic) bond motifs is 1. The van der Waals surface area contributed by atoms with Gasteiger partial charge in [0.2, 0.25) is 6.79 Å².